The van der Waals surface area contributed by atoms with Crippen molar-refractivity contribution in [1.29, 1.82) is 0 Å². The van der Waals surface area contributed by atoms with Crippen LogP contribution in [0.25, 0.3) is 5.65 Å². The van der Waals surface area contributed by atoms with Gasteiger partial charge in [0.15, 0.2) is 5.65 Å². The quantitative estimate of drug-likeness (QED) is 0.721. The van der Waals surface area contributed by atoms with Crippen molar-refractivity contribution >= 4 is 17.0 Å². The van der Waals surface area contributed by atoms with Crippen LogP contribution in [0.1, 0.15) is 16.3 Å². The zero-order valence-corrected chi connectivity index (χ0v) is 12.5. The van der Waals surface area contributed by atoms with E-state index in [4.69, 9.17) is 0 Å². The second-order valence-corrected chi connectivity index (χ2v) is 5.84. The van der Waals surface area contributed by atoms with Crippen LogP contribution in [0.5, 0.6) is 0 Å². The lowest BCUT2D eigenvalue weighted by molar-refractivity contribution is 0.325. The smallest absolute Gasteiger partial charge is 0.155 e. The van der Waals surface area contributed by atoms with Gasteiger partial charge < -0.3 is 4.90 Å². The predicted octanol–water partition coefficient (Wildman–Crippen LogP) is 2.17. The molecule has 0 saturated carbocycles. The van der Waals surface area contributed by atoms with E-state index in [1.165, 1.54) is 4.88 Å². The molecule has 0 aromatic carbocycles. The molecule has 5 nitrogen and oxygen atoms in total. The molecule has 0 spiro atoms. The fourth-order valence-electron chi connectivity index (χ4n) is 2.24. The van der Waals surface area contributed by atoms with Crippen molar-refractivity contribution in [2.24, 2.45) is 0 Å². The van der Waals surface area contributed by atoms with Gasteiger partial charge >= 0.3 is 0 Å². The van der Waals surface area contributed by atoms with Gasteiger partial charge in [0.2, 0.25) is 0 Å². The maximum Gasteiger partial charge on any atom is 0.155 e. The first-order valence-corrected chi connectivity index (χ1v) is 7.47. The molecule has 3 aromatic rings. The van der Waals surface area contributed by atoms with Gasteiger partial charge in [-0.05, 0) is 32.5 Å². The lowest BCUT2D eigenvalue weighted by Gasteiger charge is -2.16. The molecule has 0 aliphatic heterocycles. The summed E-state index contributed by atoms with van der Waals surface area (Å²) in [6.07, 6.45) is 2.64. The van der Waals surface area contributed by atoms with E-state index in [-0.39, 0.29) is 0 Å². The first-order chi connectivity index (χ1) is 9.74. The molecule has 0 aliphatic carbocycles. The van der Waals surface area contributed by atoms with Crippen LogP contribution in [0.2, 0.25) is 0 Å². The Morgan fingerprint density at radius 2 is 2.20 bits per heavy atom. The van der Waals surface area contributed by atoms with Gasteiger partial charge in [0.05, 0.1) is 16.9 Å². The van der Waals surface area contributed by atoms with Crippen molar-refractivity contribution in [2.45, 2.75) is 19.9 Å². The highest BCUT2D eigenvalue weighted by atomic mass is 32.1. The van der Waals surface area contributed by atoms with Crippen molar-refractivity contribution in [3.63, 3.8) is 0 Å². The minimum atomic E-state index is 0.860. The second-order valence-electron chi connectivity index (χ2n) is 4.90. The van der Waals surface area contributed by atoms with E-state index in [9.17, 15) is 0 Å². The van der Waals surface area contributed by atoms with E-state index in [1.807, 2.05) is 22.2 Å². The minimum absolute atomic E-state index is 0.860. The van der Waals surface area contributed by atoms with Crippen LogP contribution in [0.4, 0.5) is 0 Å². The second kappa shape index (κ2) is 5.68. The third-order valence-electron chi connectivity index (χ3n) is 3.38. The van der Waals surface area contributed by atoms with E-state index in [0.717, 1.165) is 36.5 Å². The van der Waals surface area contributed by atoms with E-state index in [2.05, 4.69) is 40.0 Å². The number of rotatable bonds is 5. The molecule has 3 heterocycles. The topological polar surface area (TPSA) is 46.3 Å². The average molecular weight is 287 g/mol. The summed E-state index contributed by atoms with van der Waals surface area (Å²) < 4.78 is 1.90. The Kier molecular flexibility index (Phi) is 3.75. The highest BCUT2D eigenvalue weighted by Gasteiger charge is 2.07. The maximum absolute atomic E-state index is 4.29. The number of aryl methyl sites for hydroxylation is 1. The van der Waals surface area contributed by atoms with Gasteiger partial charge in [-0.25, -0.2) is 14.5 Å². The number of fused-ring (bicyclic) bond motifs is 1. The summed E-state index contributed by atoms with van der Waals surface area (Å²) in [4.78, 5) is 12.2. The van der Waals surface area contributed by atoms with Crippen molar-refractivity contribution in [2.75, 3.05) is 13.6 Å². The number of aromatic nitrogens is 4. The fourth-order valence-corrected chi connectivity index (χ4v) is 3.01. The van der Waals surface area contributed by atoms with E-state index in [0.29, 0.717) is 0 Å². The van der Waals surface area contributed by atoms with Crippen LogP contribution in [0, 0.1) is 6.92 Å². The van der Waals surface area contributed by atoms with Gasteiger partial charge in [-0.1, -0.05) is 6.07 Å². The molecular formula is C14H17N5S. The Labute approximate surface area is 121 Å². The molecule has 0 fully saturated rings. The SMILES string of the molecule is Cc1ncsc1CCN(C)Cc1cccc2ncnn12. The summed E-state index contributed by atoms with van der Waals surface area (Å²) in [5, 5.41) is 4.27. The number of nitrogens with zero attached hydrogens (tertiary/aromatic N) is 5. The van der Waals surface area contributed by atoms with Crippen molar-refractivity contribution < 1.29 is 0 Å². The summed E-state index contributed by atoms with van der Waals surface area (Å²) in [5.74, 6) is 0. The van der Waals surface area contributed by atoms with Gasteiger partial charge in [-0.15, -0.1) is 11.3 Å². The summed E-state index contributed by atoms with van der Waals surface area (Å²) in [5.41, 5.74) is 5.13. The summed E-state index contributed by atoms with van der Waals surface area (Å²) in [6, 6.07) is 6.09. The molecule has 104 valence electrons. The molecule has 0 radical (unpaired) electrons. The zero-order chi connectivity index (χ0) is 13.9. The monoisotopic (exact) mass is 287 g/mol. The average Bonchev–Trinajstić information content (AvgIpc) is 3.06. The number of hydrogen-bond acceptors (Lipinski definition) is 5. The van der Waals surface area contributed by atoms with Crippen molar-refractivity contribution in [1.82, 2.24) is 24.5 Å². The highest BCUT2D eigenvalue weighted by molar-refractivity contribution is 7.09. The molecule has 0 amide bonds. The van der Waals surface area contributed by atoms with Crippen LogP contribution >= 0.6 is 11.3 Å². The molecule has 0 N–H and O–H groups in total. The fraction of sp³-hybridized carbons (Fsp3) is 0.357. The Bertz CT molecular complexity index is 702. The molecule has 0 aliphatic rings. The summed E-state index contributed by atoms with van der Waals surface area (Å²) >= 11 is 1.74. The first-order valence-electron chi connectivity index (χ1n) is 6.59. The summed E-state index contributed by atoms with van der Waals surface area (Å²) in [6.45, 7) is 3.94. The molecule has 0 bridgehead atoms. The predicted molar refractivity (Wildman–Crippen MR) is 79.9 cm³/mol. The van der Waals surface area contributed by atoms with Crippen molar-refractivity contribution in [3.8, 4) is 0 Å². The van der Waals surface area contributed by atoms with Crippen LogP contribution in [0.15, 0.2) is 30.0 Å². The van der Waals surface area contributed by atoms with Crippen molar-refractivity contribution in [3.05, 3.63) is 46.3 Å². The van der Waals surface area contributed by atoms with Crippen LogP contribution in [-0.4, -0.2) is 38.1 Å². The number of thiazole rings is 1. The molecule has 0 atom stereocenters. The van der Waals surface area contributed by atoms with Crippen LogP contribution in [-0.2, 0) is 13.0 Å². The Morgan fingerprint density at radius 3 is 3.00 bits per heavy atom. The number of pyridine rings is 1. The lowest BCUT2D eigenvalue weighted by Crippen LogP contribution is -2.22. The van der Waals surface area contributed by atoms with Gasteiger partial charge in [0.1, 0.15) is 6.33 Å². The van der Waals surface area contributed by atoms with Crippen LogP contribution in [0.3, 0.4) is 0 Å². The van der Waals surface area contributed by atoms with Gasteiger partial charge in [-0.3, -0.25) is 0 Å². The molecule has 0 saturated heterocycles. The standard InChI is InChI=1S/C14H17N5S/c1-11-13(20-10-16-11)6-7-18(2)8-12-4-3-5-14-15-9-17-19(12)14/h3-5,9-10H,6-8H2,1-2H3. The number of likely N-dealkylation sites (N-methyl/N-ethyl adjacent to an activating group) is 1. The molecule has 3 rings (SSSR count). The largest absolute Gasteiger partial charge is 0.300 e. The molecule has 3 aromatic heterocycles. The zero-order valence-electron chi connectivity index (χ0n) is 11.7. The minimum Gasteiger partial charge on any atom is -0.300 e. The lowest BCUT2D eigenvalue weighted by atomic mass is 10.2. The molecule has 20 heavy (non-hydrogen) atoms. The van der Waals surface area contributed by atoms with Gasteiger partial charge in [0, 0.05) is 18.0 Å². The first kappa shape index (κ1) is 13.2. The number of hydrogen-bond donors (Lipinski definition) is 0. The van der Waals surface area contributed by atoms with Crippen LogP contribution < -0.4 is 0 Å². The Balaban J connectivity index is 1.65. The highest BCUT2D eigenvalue weighted by Crippen LogP contribution is 2.13. The Hall–Kier alpha value is -1.79. The summed E-state index contributed by atoms with van der Waals surface area (Å²) in [7, 11) is 2.13. The molecule has 6 heteroatoms. The van der Waals surface area contributed by atoms with E-state index < -0.39 is 0 Å². The molecular weight excluding hydrogens is 270 g/mol. The third kappa shape index (κ3) is 2.71. The van der Waals surface area contributed by atoms with Gasteiger partial charge in [-0.2, -0.15) is 5.10 Å². The van der Waals surface area contributed by atoms with Gasteiger partial charge in [0.25, 0.3) is 0 Å². The van der Waals surface area contributed by atoms with E-state index in [1.54, 1.807) is 17.7 Å². The maximum atomic E-state index is 4.29. The normalized spacial score (nSPS) is 11.6. The Morgan fingerprint density at radius 1 is 1.30 bits per heavy atom. The third-order valence-corrected chi connectivity index (χ3v) is 4.37. The molecule has 0 unspecified atom stereocenters. The van der Waals surface area contributed by atoms with E-state index >= 15 is 0 Å².